The molecule has 1 fully saturated rings. The molecule has 0 atom stereocenters. The van der Waals surface area contributed by atoms with Crippen molar-refractivity contribution in [1.29, 1.82) is 0 Å². The van der Waals surface area contributed by atoms with Crippen molar-refractivity contribution in [2.45, 2.75) is 24.1 Å². The van der Waals surface area contributed by atoms with E-state index < -0.39 is 0 Å². The fraction of sp³-hybridized carbons (Fsp3) is 0.308. The standard InChI is InChI=1S/C13H12BrClN2/c14-8-10-3-4-11(15)7-13(10)17-6-5-12(16-17)9-1-2-9/h3-7,9H,1-2,8H2. The number of benzene rings is 1. The fourth-order valence-electron chi connectivity index (χ4n) is 1.93. The summed E-state index contributed by atoms with van der Waals surface area (Å²) >= 11 is 9.54. The summed E-state index contributed by atoms with van der Waals surface area (Å²) in [6.45, 7) is 0. The van der Waals surface area contributed by atoms with E-state index in [0.29, 0.717) is 5.92 Å². The van der Waals surface area contributed by atoms with E-state index in [4.69, 9.17) is 11.6 Å². The number of aromatic nitrogens is 2. The predicted octanol–water partition coefficient (Wildman–Crippen LogP) is 4.30. The minimum absolute atomic E-state index is 0.683. The monoisotopic (exact) mass is 310 g/mol. The summed E-state index contributed by atoms with van der Waals surface area (Å²) in [7, 11) is 0. The first kappa shape index (κ1) is 11.3. The lowest BCUT2D eigenvalue weighted by Gasteiger charge is -2.07. The third-order valence-electron chi connectivity index (χ3n) is 3.04. The topological polar surface area (TPSA) is 17.8 Å². The summed E-state index contributed by atoms with van der Waals surface area (Å²) in [5.74, 6) is 0.683. The van der Waals surface area contributed by atoms with E-state index in [-0.39, 0.29) is 0 Å². The highest BCUT2D eigenvalue weighted by atomic mass is 79.9. The van der Waals surface area contributed by atoms with E-state index in [2.05, 4.69) is 27.1 Å². The van der Waals surface area contributed by atoms with Gasteiger partial charge in [0, 0.05) is 22.5 Å². The second-order valence-corrected chi connectivity index (χ2v) is 5.36. The van der Waals surface area contributed by atoms with Gasteiger partial charge < -0.3 is 0 Å². The Morgan fingerprint density at radius 1 is 1.35 bits per heavy atom. The summed E-state index contributed by atoms with van der Waals surface area (Å²) < 4.78 is 1.93. The minimum Gasteiger partial charge on any atom is -0.240 e. The Morgan fingerprint density at radius 2 is 2.18 bits per heavy atom. The van der Waals surface area contributed by atoms with Crippen LogP contribution in [0.3, 0.4) is 0 Å². The van der Waals surface area contributed by atoms with Crippen molar-refractivity contribution in [3.05, 3.63) is 46.7 Å². The first-order valence-corrected chi connectivity index (χ1v) is 7.18. The molecule has 0 saturated heterocycles. The molecule has 0 radical (unpaired) electrons. The number of hydrogen-bond donors (Lipinski definition) is 0. The highest BCUT2D eigenvalue weighted by Gasteiger charge is 2.26. The minimum atomic E-state index is 0.683. The molecule has 0 spiro atoms. The maximum atomic E-state index is 6.05. The molecule has 1 aromatic heterocycles. The van der Waals surface area contributed by atoms with Crippen LogP contribution >= 0.6 is 27.5 Å². The molecular weight excluding hydrogens is 300 g/mol. The van der Waals surface area contributed by atoms with Crippen LogP contribution in [-0.2, 0) is 5.33 Å². The van der Waals surface area contributed by atoms with Crippen LogP contribution in [0.1, 0.15) is 30.0 Å². The molecule has 88 valence electrons. The average Bonchev–Trinajstić information content (AvgIpc) is 3.07. The zero-order chi connectivity index (χ0) is 11.8. The highest BCUT2D eigenvalue weighted by Crippen LogP contribution is 2.39. The summed E-state index contributed by atoms with van der Waals surface area (Å²) in [5.41, 5.74) is 3.45. The molecule has 2 nitrogen and oxygen atoms in total. The van der Waals surface area contributed by atoms with Gasteiger partial charge in [-0.1, -0.05) is 33.6 Å². The van der Waals surface area contributed by atoms with Crippen LogP contribution in [0, 0.1) is 0 Å². The van der Waals surface area contributed by atoms with Crippen LogP contribution in [-0.4, -0.2) is 9.78 Å². The van der Waals surface area contributed by atoms with E-state index in [0.717, 1.165) is 16.0 Å². The number of alkyl halides is 1. The normalized spacial score (nSPS) is 15.2. The van der Waals surface area contributed by atoms with Gasteiger partial charge in [0.2, 0.25) is 0 Å². The summed E-state index contributed by atoms with van der Waals surface area (Å²) in [5, 5.41) is 6.18. The molecule has 3 rings (SSSR count). The maximum Gasteiger partial charge on any atom is 0.0700 e. The van der Waals surface area contributed by atoms with Gasteiger partial charge in [-0.3, -0.25) is 0 Å². The third kappa shape index (κ3) is 2.26. The molecule has 0 aliphatic heterocycles. The van der Waals surface area contributed by atoms with Crippen LogP contribution in [0.25, 0.3) is 5.69 Å². The van der Waals surface area contributed by atoms with Crippen molar-refractivity contribution >= 4 is 27.5 Å². The van der Waals surface area contributed by atoms with Gasteiger partial charge in [-0.15, -0.1) is 0 Å². The Morgan fingerprint density at radius 3 is 2.88 bits per heavy atom. The van der Waals surface area contributed by atoms with Crippen molar-refractivity contribution in [2.24, 2.45) is 0 Å². The maximum absolute atomic E-state index is 6.05. The van der Waals surface area contributed by atoms with Gasteiger partial charge in [-0.05, 0) is 36.6 Å². The van der Waals surface area contributed by atoms with E-state index in [1.165, 1.54) is 24.1 Å². The first-order valence-electron chi connectivity index (χ1n) is 5.68. The Balaban J connectivity index is 2.03. The van der Waals surface area contributed by atoms with Crippen molar-refractivity contribution < 1.29 is 0 Å². The highest BCUT2D eigenvalue weighted by molar-refractivity contribution is 9.08. The van der Waals surface area contributed by atoms with Crippen molar-refractivity contribution in [3.63, 3.8) is 0 Å². The zero-order valence-corrected chi connectivity index (χ0v) is 11.6. The Hall–Kier alpha value is -0.800. The molecule has 0 amide bonds. The summed E-state index contributed by atoms with van der Waals surface area (Å²) in [4.78, 5) is 0. The largest absolute Gasteiger partial charge is 0.240 e. The molecule has 0 bridgehead atoms. The van der Waals surface area contributed by atoms with Crippen LogP contribution in [0.15, 0.2) is 30.5 Å². The van der Waals surface area contributed by atoms with Crippen LogP contribution < -0.4 is 0 Å². The molecule has 4 heteroatoms. The van der Waals surface area contributed by atoms with E-state index in [1.54, 1.807) is 0 Å². The van der Waals surface area contributed by atoms with Gasteiger partial charge in [0.1, 0.15) is 0 Å². The van der Waals surface area contributed by atoms with Crippen molar-refractivity contribution in [1.82, 2.24) is 9.78 Å². The summed E-state index contributed by atoms with van der Waals surface area (Å²) in [6, 6.07) is 8.01. The molecule has 1 aromatic carbocycles. The van der Waals surface area contributed by atoms with Crippen molar-refractivity contribution in [3.8, 4) is 5.69 Å². The second-order valence-electron chi connectivity index (χ2n) is 4.37. The predicted molar refractivity (Wildman–Crippen MR) is 73.2 cm³/mol. The molecule has 0 unspecified atom stereocenters. The van der Waals surface area contributed by atoms with Gasteiger partial charge in [0.05, 0.1) is 11.4 Å². The van der Waals surface area contributed by atoms with Gasteiger partial charge in [-0.25, -0.2) is 4.68 Å². The van der Waals surface area contributed by atoms with E-state index in [9.17, 15) is 0 Å². The Bertz CT molecular complexity index is 546. The number of rotatable bonds is 3. The Kier molecular flexibility index (Phi) is 2.97. The van der Waals surface area contributed by atoms with Gasteiger partial charge in [0.15, 0.2) is 0 Å². The van der Waals surface area contributed by atoms with E-state index in [1.807, 2.05) is 29.1 Å². The molecule has 1 aliphatic rings. The van der Waals surface area contributed by atoms with Gasteiger partial charge >= 0.3 is 0 Å². The molecule has 1 saturated carbocycles. The fourth-order valence-corrected chi connectivity index (χ4v) is 2.57. The lowest BCUT2D eigenvalue weighted by Crippen LogP contribution is -1.99. The van der Waals surface area contributed by atoms with Gasteiger partial charge in [0.25, 0.3) is 0 Å². The van der Waals surface area contributed by atoms with Crippen LogP contribution in [0.4, 0.5) is 0 Å². The van der Waals surface area contributed by atoms with Gasteiger partial charge in [-0.2, -0.15) is 5.10 Å². The Labute approximate surface area is 114 Å². The molecule has 2 aromatic rings. The van der Waals surface area contributed by atoms with Crippen LogP contribution in [0.2, 0.25) is 5.02 Å². The quantitative estimate of drug-likeness (QED) is 0.773. The lowest BCUT2D eigenvalue weighted by molar-refractivity contribution is 0.831. The number of hydrogen-bond acceptors (Lipinski definition) is 1. The second kappa shape index (κ2) is 4.46. The van der Waals surface area contributed by atoms with E-state index >= 15 is 0 Å². The zero-order valence-electron chi connectivity index (χ0n) is 9.24. The third-order valence-corrected chi connectivity index (χ3v) is 3.88. The van der Waals surface area contributed by atoms with Crippen LogP contribution in [0.5, 0.6) is 0 Å². The molecule has 17 heavy (non-hydrogen) atoms. The average molecular weight is 312 g/mol. The first-order chi connectivity index (χ1) is 8.28. The SMILES string of the molecule is Clc1ccc(CBr)c(-n2ccc(C3CC3)n2)c1. The van der Waals surface area contributed by atoms with Crippen molar-refractivity contribution in [2.75, 3.05) is 0 Å². The molecule has 1 heterocycles. The molecular formula is C13H12BrClN2. The smallest absolute Gasteiger partial charge is 0.0700 e. The number of nitrogens with zero attached hydrogens (tertiary/aromatic N) is 2. The number of halogens is 2. The molecule has 1 aliphatic carbocycles. The summed E-state index contributed by atoms with van der Waals surface area (Å²) in [6.07, 6.45) is 4.57. The molecule has 0 N–H and O–H groups in total. The lowest BCUT2D eigenvalue weighted by atomic mass is 10.2.